The number of aromatic nitrogens is 4. The second-order valence-electron chi connectivity index (χ2n) is 5.68. The molecule has 0 radical (unpaired) electrons. The van der Waals surface area contributed by atoms with E-state index in [1.54, 1.807) is 9.36 Å². The fourth-order valence-electron chi connectivity index (χ4n) is 2.59. The van der Waals surface area contributed by atoms with Crippen LogP contribution in [0.2, 0.25) is 0 Å². The number of nitrogens with one attached hydrogen (secondary N) is 1. The molecule has 120 valence electrons. The highest BCUT2D eigenvalue weighted by Gasteiger charge is 2.23. The van der Waals surface area contributed by atoms with Crippen LogP contribution in [0.25, 0.3) is 0 Å². The zero-order valence-electron chi connectivity index (χ0n) is 13.8. The van der Waals surface area contributed by atoms with Crippen molar-refractivity contribution in [3.8, 4) is 0 Å². The van der Waals surface area contributed by atoms with Gasteiger partial charge in [-0.2, -0.15) is 10.2 Å². The number of aryl methyl sites for hydroxylation is 3. The topological polar surface area (TPSA) is 64.7 Å². The summed E-state index contributed by atoms with van der Waals surface area (Å²) in [5.41, 5.74) is 3.79. The molecule has 0 aromatic carbocycles. The first-order valence-electron chi connectivity index (χ1n) is 7.24. The summed E-state index contributed by atoms with van der Waals surface area (Å²) >= 11 is 3.49. The van der Waals surface area contributed by atoms with Gasteiger partial charge in [-0.3, -0.25) is 14.2 Å². The molecule has 2 heterocycles. The van der Waals surface area contributed by atoms with Gasteiger partial charge in [-0.05, 0) is 50.5 Å². The van der Waals surface area contributed by atoms with Crippen molar-refractivity contribution in [2.75, 3.05) is 0 Å². The lowest BCUT2D eigenvalue weighted by Crippen LogP contribution is -2.34. The van der Waals surface area contributed by atoms with Gasteiger partial charge >= 0.3 is 0 Å². The quantitative estimate of drug-likeness (QED) is 0.903. The molecule has 2 aromatic heterocycles. The Morgan fingerprint density at radius 2 is 1.86 bits per heavy atom. The first kappa shape index (κ1) is 16.7. The predicted octanol–water partition coefficient (Wildman–Crippen LogP) is 2.74. The Morgan fingerprint density at radius 1 is 1.23 bits per heavy atom. The van der Waals surface area contributed by atoms with Gasteiger partial charge in [0.2, 0.25) is 5.91 Å². The number of nitrogens with zero attached hydrogens (tertiary/aromatic N) is 4. The molecule has 2 rings (SSSR count). The third-order valence-electron chi connectivity index (χ3n) is 3.86. The molecular formula is C15H22BrN5O. The molecule has 0 aliphatic carbocycles. The van der Waals surface area contributed by atoms with Crippen molar-refractivity contribution in [1.82, 2.24) is 24.9 Å². The van der Waals surface area contributed by atoms with Gasteiger partial charge in [0.05, 0.1) is 27.6 Å². The number of rotatable bonds is 4. The molecule has 0 aliphatic heterocycles. The van der Waals surface area contributed by atoms with E-state index in [2.05, 4.69) is 31.4 Å². The SMILES string of the molecule is Cc1nn(C)cc1C(C)NC(=O)C(C)n1nc(C)c(Br)c1C. The normalized spacial score (nSPS) is 14.0. The van der Waals surface area contributed by atoms with E-state index in [-0.39, 0.29) is 18.0 Å². The van der Waals surface area contributed by atoms with E-state index in [4.69, 9.17) is 0 Å². The van der Waals surface area contributed by atoms with Crippen molar-refractivity contribution in [2.24, 2.45) is 7.05 Å². The molecule has 2 aromatic rings. The van der Waals surface area contributed by atoms with Gasteiger partial charge in [0.15, 0.2) is 0 Å². The number of halogens is 1. The van der Waals surface area contributed by atoms with Crippen molar-refractivity contribution >= 4 is 21.8 Å². The minimum absolute atomic E-state index is 0.0612. The van der Waals surface area contributed by atoms with Crippen LogP contribution in [0.4, 0.5) is 0 Å². The van der Waals surface area contributed by atoms with Crippen LogP contribution >= 0.6 is 15.9 Å². The molecule has 0 saturated carbocycles. The first-order chi connectivity index (χ1) is 10.2. The summed E-state index contributed by atoms with van der Waals surface area (Å²) in [6, 6.07) is -0.464. The highest BCUT2D eigenvalue weighted by molar-refractivity contribution is 9.10. The van der Waals surface area contributed by atoms with E-state index in [1.807, 2.05) is 47.9 Å². The maximum atomic E-state index is 12.5. The van der Waals surface area contributed by atoms with Crippen LogP contribution in [0.3, 0.4) is 0 Å². The number of carbonyl (C=O) groups excluding carboxylic acids is 1. The lowest BCUT2D eigenvalue weighted by Gasteiger charge is -2.18. The van der Waals surface area contributed by atoms with Crippen molar-refractivity contribution < 1.29 is 4.79 Å². The van der Waals surface area contributed by atoms with E-state index in [1.165, 1.54) is 0 Å². The molecule has 6 nitrogen and oxygen atoms in total. The fourth-order valence-corrected chi connectivity index (χ4v) is 2.85. The molecule has 7 heteroatoms. The summed E-state index contributed by atoms with van der Waals surface area (Å²) in [5.74, 6) is -0.0612. The molecule has 0 spiro atoms. The maximum absolute atomic E-state index is 12.5. The van der Waals surface area contributed by atoms with Crippen LogP contribution in [0, 0.1) is 20.8 Å². The first-order valence-corrected chi connectivity index (χ1v) is 8.03. The second-order valence-corrected chi connectivity index (χ2v) is 6.47. The molecule has 0 saturated heterocycles. The molecular weight excluding hydrogens is 346 g/mol. The minimum Gasteiger partial charge on any atom is -0.348 e. The van der Waals surface area contributed by atoms with E-state index in [0.29, 0.717) is 0 Å². The van der Waals surface area contributed by atoms with Crippen LogP contribution in [0.1, 0.15) is 48.6 Å². The summed E-state index contributed by atoms with van der Waals surface area (Å²) in [4.78, 5) is 12.5. The number of hydrogen-bond acceptors (Lipinski definition) is 3. The van der Waals surface area contributed by atoms with Crippen LogP contribution in [-0.4, -0.2) is 25.5 Å². The molecule has 22 heavy (non-hydrogen) atoms. The second kappa shape index (κ2) is 6.24. The number of amides is 1. The zero-order chi connectivity index (χ0) is 16.6. The smallest absolute Gasteiger partial charge is 0.245 e. The van der Waals surface area contributed by atoms with E-state index in [0.717, 1.165) is 27.1 Å². The highest BCUT2D eigenvalue weighted by atomic mass is 79.9. The molecule has 0 fully saturated rings. The molecule has 2 unspecified atom stereocenters. The predicted molar refractivity (Wildman–Crippen MR) is 88.6 cm³/mol. The molecule has 1 amide bonds. The van der Waals surface area contributed by atoms with Crippen LogP contribution in [0.5, 0.6) is 0 Å². The fraction of sp³-hybridized carbons (Fsp3) is 0.533. The van der Waals surface area contributed by atoms with Crippen LogP contribution in [-0.2, 0) is 11.8 Å². The maximum Gasteiger partial charge on any atom is 0.245 e. The summed E-state index contributed by atoms with van der Waals surface area (Å²) in [6.07, 6.45) is 1.94. The van der Waals surface area contributed by atoms with Gasteiger partial charge in [-0.1, -0.05) is 0 Å². The van der Waals surface area contributed by atoms with Crippen molar-refractivity contribution in [2.45, 2.75) is 46.7 Å². The molecule has 0 bridgehead atoms. The third-order valence-corrected chi connectivity index (χ3v) is 5.01. The van der Waals surface area contributed by atoms with E-state index < -0.39 is 0 Å². The number of carbonyl (C=O) groups is 1. The van der Waals surface area contributed by atoms with E-state index in [9.17, 15) is 4.79 Å². The Morgan fingerprint density at radius 3 is 2.32 bits per heavy atom. The van der Waals surface area contributed by atoms with E-state index >= 15 is 0 Å². The largest absolute Gasteiger partial charge is 0.348 e. The average Bonchev–Trinajstić information content (AvgIpc) is 2.92. The van der Waals surface area contributed by atoms with Gasteiger partial charge in [-0.25, -0.2) is 0 Å². The zero-order valence-corrected chi connectivity index (χ0v) is 15.4. The van der Waals surface area contributed by atoms with Gasteiger partial charge in [0.1, 0.15) is 6.04 Å². The average molecular weight is 368 g/mol. The Kier molecular flexibility index (Phi) is 4.75. The minimum atomic E-state index is -0.371. The Hall–Kier alpha value is -1.63. The molecule has 0 aliphatic rings. The highest BCUT2D eigenvalue weighted by Crippen LogP contribution is 2.23. The van der Waals surface area contributed by atoms with Gasteiger partial charge in [0.25, 0.3) is 0 Å². The van der Waals surface area contributed by atoms with Crippen LogP contribution < -0.4 is 5.32 Å². The summed E-state index contributed by atoms with van der Waals surface area (Å²) in [6.45, 7) is 9.62. The Labute approximate surface area is 139 Å². The number of hydrogen-bond donors (Lipinski definition) is 1. The van der Waals surface area contributed by atoms with Gasteiger partial charge in [-0.15, -0.1) is 0 Å². The van der Waals surface area contributed by atoms with Crippen molar-refractivity contribution in [1.29, 1.82) is 0 Å². The standard InChI is InChI=1S/C15H22BrN5O/c1-8(13-7-20(6)18-9(13)2)17-15(22)12(5)21-11(4)14(16)10(3)19-21/h7-8,12H,1-6H3,(H,17,22). The van der Waals surface area contributed by atoms with Crippen molar-refractivity contribution in [3.63, 3.8) is 0 Å². The van der Waals surface area contributed by atoms with Crippen LogP contribution in [0.15, 0.2) is 10.7 Å². The third kappa shape index (κ3) is 3.09. The monoisotopic (exact) mass is 367 g/mol. The van der Waals surface area contributed by atoms with Gasteiger partial charge in [0, 0.05) is 18.8 Å². The Balaban J connectivity index is 2.14. The van der Waals surface area contributed by atoms with Crippen molar-refractivity contribution in [3.05, 3.63) is 33.3 Å². The molecule has 2 atom stereocenters. The Bertz CT molecular complexity index is 703. The summed E-state index contributed by atoms with van der Waals surface area (Å²) in [5, 5.41) is 11.8. The lowest BCUT2D eigenvalue weighted by atomic mass is 10.1. The van der Waals surface area contributed by atoms with Gasteiger partial charge < -0.3 is 5.32 Å². The summed E-state index contributed by atoms with van der Waals surface area (Å²) < 4.78 is 4.45. The molecule has 1 N–H and O–H groups in total. The lowest BCUT2D eigenvalue weighted by molar-refractivity contribution is -0.124. The summed E-state index contributed by atoms with van der Waals surface area (Å²) in [7, 11) is 1.88.